The van der Waals surface area contributed by atoms with Crippen LogP contribution in [-0.2, 0) is 62.6 Å². The van der Waals surface area contributed by atoms with Gasteiger partial charge >= 0.3 is 0 Å². The first kappa shape index (κ1) is 31.9. The lowest BCUT2D eigenvalue weighted by Gasteiger charge is -2.33. The van der Waals surface area contributed by atoms with Crippen LogP contribution in [-0.4, -0.2) is 60.9 Å². The van der Waals surface area contributed by atoms with E-state index in [1.807, 2.05) is 91.0 Å². The number of rotatable bonds is 18. The summed E-state index contributed by atoms with van der Waals surface area (Å²) < 4.78 is 76.8. The van der Waals surface area contributed by atoms with Crippen molar-refractivity contribution >= 4 is 20.2 Å². The molecule has 3 atom stereocenters. The molecule has 40 heavy (non-hydrogen) atoms. The maximum Gasteiger partial charge on any atom is 0.264 e. The van der Waals surface area contributed by atoms with Crippen LogP contribution in [0.3, 0.4) is 0 Å². The highest BCUT2D eigenvalue weighted by atomic mass is 32.2. The molecule has 0 aromatic heterocycles. The summed E-state index contributed by atoms with van der Waals surface area (Å²) in [5, 5.41) is 0. The summed E-state index contributed by atoms with van der Waals surface area (Å²) in [7, 11) is -7.64. The minimum absolute atomic E-state index is 0.0850. The van der Waals surface area contributed by atoms with Crippen LogP contribution >= 0.6 is 0 Å². The molecule has 9 nitrogen and oxygen atoms in total. The zero-order valence-corrected chi connectivity index (χ0v) is 24.3. The first-order valence-electron chi connectivity index (χ1n) is 12.7. The van der Waals surface area contributed by atoms with Gasteiger partial charge in [-0.1, -0.05) is 91.0 Å². The van der Waals surface area contributed by atoms with Crippen LogP contribution in [0.2, 0.25) is 0 Å². The van der Waals surface area contributed by atoms with Gasteiger partial charge in [0.1, 0.15) is 12.2 Å². The van der Waals surface area contributed by atoms with E-state index >= 15 is 0 Å². The maximum absolute atomic E-state index is 12.3. The van der Waals surface area contributed by atoms with Gasteiger partial charge in [0.05, 0.1) is 51.6 Å². The van der Waals surface area contributed by atoms with E-state index in [2.05, 4.69) is 0 Å². The molecule has 11 heteroatoms. The first-order valence-corrected chi connectivity index (χ1v) is 16.4. The van der Waals surface area contributed by atoms with Crippen molar-refractivity contribution in [3.8, 4) is 0 Å². The number of hydrogen-bond donors (Lipinski definition) is 0. The molecule has 3 aromatic carbocycles. The third-order valence-electron chi connectivity index (χ3n) is 5.72. The van der Waals surface area contributed by atoms with Gasteiger partial charge in [-0.2, -0.15) is 16.8 Å². The Morgan fingerprint density at radius 2 is 1.07 bits per heavy atom. The van der Waals surface area contributed by atoms with Crippen molar-refractivity contribution in [2.75, 3.05) is 25.7 Å². The first-order chi connectivity index (χ1) is 19.1. The van der Waals surface area contributed by atoms with Crippen LogP contribution < -0.4 is 0 Å². The fourth-order valence-electron chi connectivity index (χ4n) is 3.93. The average molecular weight is 593 g/mol. The molecule has 218 valence electrons. The van der Waals surface area contributed by atoms with Crippen molar-refractivity contribution in [2.45, 2.75) is 44.6 Å². The molecule has 0 radical (unpaired) electrons. The molecule has 0 aliphatic rings. The minimum Gasteiger partial charge on any atom is -0.374 e. The second kappa shape index (κ2) is 16.0. The lowest BCUT2D eigenvalue weighted by atomic mass is 10.0. The lowest BCUT2D eigenvalue weighted by Crippen LogP contribution is -2.46. The molecule has 0 bridgehead atoms. The van der Waals surface area contributed by atoms with E-state index in [4.69, 9.17) is 22.6 Å². The van der Waals surface area contributed by atoms with Gasteiger partial charge in [0.15, 0.2) is 0 Å². The highest BCUT2D eigenvalue weighted by Crippen LogP contribution is 2.22. The summed E-state index contributed by atoms with van der Waals surface area (Å²) in [6.45, 7) is 0.208. The fraction of sp³-hybridized carbons (Fsp3) is 0.379. The van der Waals surface area contributed by atoms with Gasteiger partial charge in [0.2, 0.25) is 0 Å². The van der Waals surface area contributed by atoms with Crippen molar-refractivity contribution in [1.82, 2.24) is 0 Å². The van der Waals surface area contributed by atoms with E-state index in [0.29, 0.717) is 0 Å². The van der Waals surface area contributed by atoms with Crippen molar-refractivity contribution in [1.29, 1.82) is 0 Å². The molecule has 0 spiro atoms. The Morgan fingerprint density at radius 1 is 0.600 bits per heavy atom. The summed E-state index contributed by atoms with van der Waals surface area (Å²) in [4.78, 5) is 0. The van der Waals surface area contributed by atoms with Crippen LogP contribution in [0.15, 0.2) is 91.0 Å². The minimum atomic E-state index is -3.93. The van der Waals surface area contributed by atoms with Crippen molar-refractivity contribution in [2.24, 2.45) is 0 Å². The summed E-state index contributed by atoms with van der Waals surface area (Å²) >= 11 is 0. The average Bonchev–Trinajstić information content (AvgIpc) is 2.91. The number of benzene rings is 3. The Labute approximate surface area is 237 Å². The number of ether oxygens (including phenoxy) is 3. The van der Waals surface area contributed by atoms with Crippen molar-refractivity contribution < 1.29 is 39.4 Å². The topological polar surface area (TPSA) is 114 Å². The van der Waals surface area contributed by atoms with Gasteiger partial charge in [-0.25, -0.2) is 0 Å². The van der Waals surface area contributed by atoms with E-state index in [0.717, 1.165) is 29.2 Å². The van der Waals surface area contributed by atoms with E-state index in [-0.39, 0.29) is 39.5 Å². The van der Waals surface area contributed by atoms with E-state index < -0.39 is 38.5 Å². The molecule has 0 heterocycles. The van der Waals surface area contributed by atoms with E-state index in [1.165, 1.54) is 0 Å². The summed E-state index contributed by atoms with van der Waals surface area (Å²) in [5.74, 6) is 0. The molecule has 0 fully saturated rings. The Morgan fingerprint density at radius 3 is 1.55 bits per heavy atom. The normalized spacial score (nSPS) is 14.4. The van der Waals surface area contributed by atoms with Crippen LogP contribution in [0, 0.1) is 0 Å². The highest BCUT2D eigenvalue weighted by Gasteiger charge is 2.35. The Hall–Kier alpha value is -2.64. The fourth-order valence-corrected chi connectivity index (χ4v) is 4.94. The standard InChI is InChI=1S/C29H36O9S2/c1-39(30,31)37-19-18-27(35-21-25-14-8-4-9-15-25)29(36-22-26-16-10-5-11-17-26)28(38-40(2,32)33)23-34-20-24-12-6-3-7-13-24/h3-17,27-29H,18-23H2,1-2H3/t27-,28-,29+/m1/s1. The summed E-state index contributed by atoms with van der Waals surface area (Å²) in [6, 6.07) is 28.2. The Balaban J connectivity index is 1.87. The van der Waals surface area contributed by atoms with Gasteiger partial charge < -0.3 is 14.2 Å². The lowest BCUT2D eigenvalue weighted by molar-refractivity contribution is -0.142. The molecular weight excluding hydrogens is 556 g/mol. The summed E-state index contributed by atoms with van der Waals surface area (Å²) in [5.41, 5.74) is 2.63. The van der Waals surface area contributed by atoms with Crippen LogP contribution in [0.25, 0.3) is 0 Å². The zero-order valence-electron chi connectivity index (χ0n) is 22.6. The van der Waals surface area contributed by atoms with Crippen LogP contribution in [0.5, 0.6) is 0 Å². The monoisotopic (exact) mass is 592 g/mol. The smallest absolute Gasteiger partial charge is 0.264 e. The predicted octanol–water partition coefficient (Wildman–Crippen LogP) is 4.09. The predicted molar refractivity (Wildman–Crippen MR) is 151 cm³/mol. The third kappa shape index (κ3) is 12.7. The van der Waals surface area contributed by atoms with Gasteiger partial charge in [-0.05, 0) is 16.7 Å². The van der Waals surface area contributed by atoms with Crippen molar-refractivity contribution in [3.05, 3.63) is 108 Å². The van der Waals surface area contributed by atoms with Gasteiger partial charge in [0.25, 0.3) is 20.2 Å². The van der Waals surface area contributed by atoms with E-state index in [1.54, 1.807) is 0 Å². The molecule has 3 rings (SSSR count). The molecule has 3 aromatic rings. The summed E-state index contributed by atoms with van der Waals surface area (Å²) in [6.07, 6.45) is -0.861. The zero-order chi connectivity index (χ0) is 28.8. The SMILES string of the molecule is CS(=O)(=O)OCC[C@@H](OCc1ccccc1)[C@H](OCc1ccccc1)[C@@H](COCc1ccccc1)OS(C)(=O)=O. The van der Waals surface area contributed by atoms with Gasteiger partial charge in [0, 0.05) is 6.42 Å². The number of hydrogen-bond acceptors (Lipinski definition) is 9. The molecular formula is C29H36O9S2. The molecule has 0 saturated heterocycles. The molecule has 0 amide bonds. The maximum atomic E-state index is 12.3. The third-order valence-corrected chi connectivity index (χ3v) is 6.91. The highest BCUT2D eigenvalue weighted by molar-refractivity contribution is 7.86. The van der Waals surface area contributed by atoms with Gasteiger partial charge in [-0.15, -0.1) is 0 Å². The largest absolute Gasteiger partial charge is 0.374 e. The Kier molecular flexibility index (Phi) is 12.7. The molecule has 0 saturated carbocycles. The molecule has 0 unspecified atom stereocenters. The molecule has 0 aliphatic carbocycles. The Bertz CT molecular complexity index is 1330. The van der Waals surface area contributed by atoms with Gasteiger partial charge in [-0.3, -0.25) is 8.37 Å². The second-order valence-electron chi connectivity index (χ2n) is 9.25. The molecule has 0 aliphatic heterocycles. The van der Waals surface area contributed by atoms with Crippen LogP contribution in [0.1, 0.15) is 23.1 Å². The van der Waals surface area contributed by atoms with Crippen LogP contribution in [0.4, 0.5) is 0 Å². The molecule has 0 N–H and O–H groups in total. The quantitative estimate of drug-likeness (QED) is 0.202. The van der Waals surface area contributed by atoms with Crippen molar-refractivity contribution in [3.63, 3.8) is 0 Å². The second-order valence-corrected chi connectivity index (χ2v) is 12.5. The van der Waals surface area contributed by atoms with E-state index in [9.17, 15) is 16.8 Å².